The van der Waals surface area contributed by atoms with Gasteiger partial charge in [-0.25, -0.2) is 13.2 Å². The quantitative estimate of drug-likeness (QED) is 0.285. The first-order valence-electron chi connectivity index (χ1n) is 10.8. The summed E-state index contributed by atoms with van der Waals surface area (Å²) in [5.74, 6) is -1.99. The molecule has 31 heavy (non-hydrogen) atoms. The maximum atomic E-state index is 15.1. The summed E-state index contributed by atoms with van der Waals surface area (Å²) in [6.07, 6.45) is 4.33. The fourth-order valence-electron chi connectivity index (χ4n) is 3.93. The normalized spacial score (nSPS) is 11.2. The van der Waals surface area contributed by atoms with Gasteiger partial charge in [0.05, 0.1) is 0 Å². The van der Waals surface area contributed by atoms with Gasteiger partial charge >= 0.3 is 0 Å². The molecule has 3 heteroatoms. The average Bonchev–Trinajstić information content (AvgIpc) is 2.79. The second-order valence-corrected chi connectivity index (χ2v) is 8.02. The van der Waals surface area contributed by atoms with Crippen LogP contribution in [0, 0.1) is 17.5 Å². The van der Waals surface area contributed by atoms with Crippen LogP contribution in [-0.4, -0.2) is 0 Å². The number of unbranched alkanes of at least 4 members (excludes halogenated alkanes) is 1. The summed E-state index contributed by atoms with van der Waals surface area (Å²) < 4.78 is 41.6. The zero-order chi connectivity index (χ0) is 21.8. The molecule has 4 rings (SSSR count). The van der Waals surface area contributed by atoms with Crippen molar-refractivity contribution in [2.45, 2.75) is 39.0 Å². The van der Waals surface area contributed by atoms with Crippen molar-refractivity contribution in [2.24, 2.45) is 0 Å². The maximum Gasteiger partial charge on any atom is 0.159 e. The van der Waals surface area contributed by atoms with Crippen molar-refractivity contribution in [1.82, 2.24) is 0 Å². The van der Waals surface area contributed by atoms with E-state index in [4.69, 9.17) is 0 Å². The molecule has 0 radical (unpaired) electrons. The first-order chi connectivity index (χ1) is 15.0. The van der Waals surface area contributed by atoms with Gasteiger partial charge in [0.15, 0.2) is 11.6 Å². The van der Waals surface area contributed by atoms with Gasteiger partial charge in [0.1, 0.15) is 5.82 Å². The van der Waals surface area contributed by atoms with Gasteiger partial charge in [0.25, 0.3) is 0 Å². The van der Waals surface area contributed by atoms with Crippen LogP contribution in [0.15, 0.2) is 72.8 Å². The van der Waals surface area contributed by atoms with E-state index in [1.807, 2.05) is 24.3 Å². The summed E-state index contributed by atoms with van der Waals surface area (Å²) in [6.45, 7) is 2.19. The smallest absolute Gasteiger partial charge is 0.159 e. The Balaban J connectivity index is 1.54. The molecule has 0 aromatic heterocycles. The summed E-state index contributed by atoms with van der Waals surface area (Å²) in [7, 11) is 0. The van der Waals surface area contributed by atoms with Gasteiger partial charge in [-0.2, -0.15) is 0 Å². The Morgan fingerprint density at radius 2 is 1.35 bits per heavy atom. The van der Waals surface area contributed by atoms with Gasteiger partial charge in [-0.05, 0) is 77.1 Å². The lowest BCUT2D eigenvalue weighted by molar-refractivity contribution is 0.507. The van der Waals surface area contributed by atoms with Crippen LogP contribution in [0.4, 0.5) is 13.2 Å². The van der Waals surface area contributed by atoms with Crippen LogP contribution >= 0.6 is 0 Å². The zero-order valence-electron chi connectivity index (χ0n) is 17.6. The third kappa shape index (κ3) is 4.82. The van der Waals surface area contributed by atoms with Crippen LogP contribution in [0.1, 0.15) is 36.5 Å². The molecule has 0 nitrogen and oxygen atoms in total. The molecule has 4 aromatic rings. The molecule has 0 bridgehead atoms. The second kappa shape index (κ2) is 9.38. The highest BCUT2D eigenvalue weighted by atomic mass is 19.2. The van der Waals surface area contributed by atoms with Crippen molar-refractivity contribution in [2.75, 3.05) is 0 Å². The Hall–Kier alpha value is -3.07. The Bertz CT molecular complexity index is 1190. The molecular weight excluding hydrogens is 393 g/mol. The predicted molar refractivity (Wildman–Crippen MR) is 122 cm³/mol. The Labute approximate surface area is 181 Å². The van der Waals surface area contributed by atoms with Crippen molar-refractivity contribution in [3.63, 3.8) is 0 Å². The van der Waals surface area contributed by atoms with Crippen molar-refractivity contribution in [1.29, 1.82) is 0 Å². The molecule has 0 saturated carbocycles. The average molecular weight is 419 g/mol. The Morgan fingerprint density at radius 3 is 2.10 bits per heavy atom. The van der Waals surface area contributed by atoms with Crippen molar-refractivity contribution < 1.29 is 13.2 Å². The minimum atomic E-state index is -0.873. The van der Waals surface area contributed by atoms with E-state index in [0.29, 0.717) is 29.4 Å². The highest BCUT2D eigenvalue weighted by Crippen LogP contribution is 2.28. The third-order valence-electron chi connectivity index (χ3n) is 5.81. The van der Waals surface area contributed by atoms with Crippen LogP contribution in [0.3, 0.4) is 0 Å². The highest BCUT2D eigenvalue weighted by Gasteiger charge is 2.10. The maximum absolute atomic E-state index is 15.1. The molecule has 0 aliphatic heterocycles. The fraction of sp³-hybridized carbons (Fsp3) is 0.214. The molecule has 0 spiro atoms. The number of aryl methyl sites for hydroxylation is 3. The molecule has 158 valence electrons. The predicted octanol–water partition coefficient (Wildman–Crippen LogP) is 8.05. The molecule has 0 saturated heterocycles. The minimum Gasteiger partial charge on any atom is -0.206 e. The minimum absolute atomic E-state index is 0.249. The largest absolute Gasteiger partial charge is 0.206 e. The van der Waals surface area contributed by atoms with Crippen LogP contribution in [0.25, 0.3) is 21.9 Å². The van der Waals surface area contributed by atoms with Crippen molar-refractivity contribution >= 4 is 10.8 Å². The van der Waals surface area contributed by atoms with Gasteiger partial charge < -0.3 is 0 Å². The SMILES string of the molecule is CCCCc1ccc(-c2ccc3c(F)c(CCc4ccc(F)c(F)c4)ccc3c2)cc1. The molecule has 0 aliphatic rings. The van der Waals surface area contributed by atoms with E-state index in [1.54, 1.807) is 6.07 Å². The van der Waals surface area contributed by atoms with Crippen molar-refractivity contribution in [3.8, 4) is 11.1 Å². The summed E-state index contributed by atoms with van der Waals surface area (Å²) in [5, 5.41) is 1.42. The molecule has 0 atom stereocenters. The van der Waals surface area contributed by atoms with Gasteiger partial charge in [-0.15, -0.1) is 0 Å². The lowest BCUT2D eigenvalue weighted by Crippen LogP contribution is -1.97. The van der Waals surface area contributed by atoms with E-state index in [1.165, 1.54) is 30.5 Å². The summed E-state index contributed by atoms with van der Waals surface area (Å²) in [5.41, 5.74) is 4.73. The van der Waals surface area contributed by atoms with Crippen molar-refractivity contribution in [3.05, 3.63) is 107 Å². The number of hydrogen-bond acceptors (Lipinski definition) is 0. The molecule has 0 aliphatic carbocycles. The lowest BCUT2D eigenvalue weighted by Gasteiger charge is -2.10. The number of rotatable bonds is 7. The molecule has 0 heterocycles. The number of halogens is 3. The Morgan fingerprint density at radius 1 is 0.613 bits per heavy atom. The summed E-state index contributed by atoms with van der Waals surface area (Å²) in [4.78, 5) is 0. The molecule has 0 N–H and O–H groups in total. The summed E-state index contributed by atoms with van der Waals surface area (Å²) >= 11 is 0. The van der Waals surface area contributed by atoms with Crippen LogP contribution in [0.5, 0.6) is 0 Å². The molecule has 4 aromatic carbocycles. The molecule has 0 amide bonds. The number of benzene rings is 4. The van der Waals surface area contributed by atoms with E-state index >= 15 is 4.39 Å². The third-order valence-corrected chi connectivity index (χ3v) is 5.81. The fourth-order valence-corrected chi connectivity index (χ4v) is 3.93. The first-order valence-corrected chi connectivity index (χ1v) is 10.8. The van der Waals surface area contributed by atoms with Crippen LogP contribution < -0.4 is 0 Å². The Kier molecular flexibility index (Phi) is 6.41. The first kappa shape index (κ1) is 21.2. The topological polar surface area (TPSA) is 0 Å². The van der Waals surface area contributed by atoms with E-state index in [9.17, 15) is 8.78 Å². The van der Waals surface area contributed by atoms with Gasteiger partial charge in [-0.3, -0.25) is 0 Å². The van der Waals surface area contributed by atoms with E-state index in [0.717, 1.165) is 29.0 Å². The standard InChI is InChI=1S/C28H25F3/c1-2-3-4-19-5-9-21(10-6-19)23-14-15-25-24(18-23)13-12-22(28(25)31)11-7-20-8-16-26(29)27(30)17-20/h5-6,8-10,12-18H,2-4,7,11H2,1H3. The monoisotopic (exact) mass is 418 g/mol. The van der Waals surface area contributed by atoms with E-state index in [-0.39, 0.29) is 5.82 Å². The number of hydrogen-bond donors (Lipinski definition) is 0. The second-order valence-electron chi connectivity index (χ2n) is 8.02. The van der Waals surface area contributed by atoms with Crippen LogP contribution in [-0.2, 0) is 19.3 Å². The zero-order valence-corrected chi connectivity index (χ0v) is 17.6. The van der Waals surface area contributed by atoms with Gasteiger partial charge in [0, 0.05) is 5.39 Å². The molecular formula is C28H25F3. The van der Waals surface area contributed by atoms with Crippen LogP contribution in [0.2, 0.25) is 0 Å². The number of fused-ring (bicyclic) bond motifs is 1. The van der Waals surface area contributed by atoms with Gasteiger partial charge in [-0.1, -0.05) is 67.9 Å². The van der Waals surface area contributed by atoms with Gasteiger partial charge in [0.2, 0.25) is 0 Å². The highest BCUT2D eigenvalue weighted by molar-refractivity contribution is 5.88. The van der Waals surface area contributed by atoms with E-state index < -0.39 is 11.6 Å². The lowest BCUT2D eigenvalue weighted by atomic mass is 9.96. The molecule has 0 unspecified atom stereocenters. The van der Waals surface area contributed by atoms with E-state index in [2.05, 4.69) is 31.2 Å². The molecule has 0 fully saturated rings. The summed E-state index contributed by atoms with van der Waals surface area (Å²) in [6, 6.07) is 21.9.